The van der Waals surface area contributed by atoms with E-state index in [-0.39, 0.29) is 29.8 Å². The predicted octanol–water partition coefficient (Wildman–Crippen LogP) is 5.43. The number of aromatic nitrogens is 3. The number of piperazine rings is 2. The fourth-order valence-electron chi connectivity index (χ4n) is 8.17. The van der Waals surface area contributed by atoms with Crippen molar-refractivity contribution >= 4 is 80.5 Å². The molecule has 15 nitrogen and oxygen atoms in total. The minimum Gasteiger partial charge on any atom is -0.365 e. The molecule has 298 valence electrons. The van der Waals surface area contributed by atoms with Crippen LogP contribution in [0.4, 0.5) is 38.6 Å². The molecule has 8 rings (SSSR count). The topological polar surface area (TPSA) is 159 Å². The van der Waals surface area contributed by atoms with Crippen LogP contribution in [0.1, 0.15) is 53.2 Å². The first-order valence-corrected chi connectivity index (χ1v) is 20.7. The molecule has 2 bridgehead atoms. The van der Waals surface area contributed by atoms with E-state index in [4.69, 9.17) is 16.6 Å². The van der Waals surface area contributed by atoms with Gasteiger partial charge in [0.15, 0.2) is 5.13 Å². The van der Waals surface area contributed by atoms with Crippen molar-refractivity contribution < 1.29 is 19.2 Å². The van der Waals surface area contributed by atoms with Gasteiger partial charge in [0, 0.05) is 82.1 Å². The van der Waals surface area contributed by atoms with Gasteiger partial charge >= 0.3 is 6.03 Å². The summed E-state index contributed by atoms with van der Waals surface area (Å²) in [6, 6.07) is 15.5. The van der Waals surface area contributed by atoms with Crippen molar-refractivity contribution in [3.05, 3.63) is 76.0 Å². The lowest BCUT2D eigenvalue weighted by atomic mass is 10.1. The van der Waals surface area contributed by atoms with Crippen molar-refractivity contribution in [1.29, 1.82) is 0 Å². The first-order valence-electron chi connectivity index (χ1n) is 19.5. The number of carbonyl (C=O) groups is 4. The second kappa shape index (κ2) is 16.6. The molecule has 4 aliphatic heterocycles. The molecule has 17 heteroatoms. The Balaban J connectivity index is 0.751. The van der Waals surface area contributed by atoms with Gasteiger partial charge in [0.25, 0.3) is 5.91 Å². The summed E-state index contributed by atoms with van der Waals surface area (Å²) in [6.45, 7) is 10.2. The standard InChI is InChI=1S/C40H46ClN11O4S/c1-25-6-5-7-31(41)37(25)47-38(55)32-22-42-39(57-32)45-33-21-34(44-26(2)43-33)49-18-16-48(17-19-49)14-4-3-8-36(54)52-24-29-20-30(52)23-51(29)28-11-9-27(10-12-28)50-15-13-35(53)46-40(50)56/h5-7,9-12,21-22,29-30H,3-4,8,13-20,23-24H2,1-2H3,(H,47,55)(H,46,53,56)(H,42,43,44,45). The fraction of sp³-hybridized carbons (Fsp3) is 0.425. The molecule has 0 aliphatic carbocycles. The van der Waals surface area contributed by atoms with E-state index in [1.54, 1.807) is 11.0 Å². The molecule has 0 saturated carbocycles. The quantitative estimate of drug-likeness (QED) is 0.157. The number of hydrogen-bond acceptors (Lipinski definition) is 12. The van der Waals surface area contributed by atoms with Crippen LogP contribution in [-0.2, 0) is 9.59 Å². The van der Waals surface area contributed by atoms with E-state index in [1.165, 1.54) is 17.5 Å². The third-order valence-corrected chi connectivity index (χ3v) is 12.4. The smallest absolute Gasteiger partial charge is 0.328 e. The third kappa shape index (κ3) is 8.67. The lowest BCUT2D eigenvalue weighted by Gasteiger charge is -2.36. The zero-order valence-electron chi connectivity index (χ0n) is 32.0. The molecule has 2 atom stereocenters. The zero-order valence-corrected chi connectivity index (χ0v) is 33.6. The molecule has 3 N–H and O–H groups in total. The second-order valence-corrected chi connectivity index (χ2v) is 16.4. The average molecular weight is 812 g/mol. The molecule has 2 unspecified atom stereocenters. The van der Waals surface area contributed by atoms with Crippen molar-refractivity contribution in [2.75, 3.05) is 77.7 Å². The van der Waals surface area contributed by atoms with Gasteiger partial charge in [-0.2, -0.15) is 0 Å². The second-order valence-electron chi connectivity index (χ2n) is 15.0. The molecule has 57 heavy (non-hydrogen) atoms. The minimum atomic E-state index is -0.382. The normalized spacial score (nSPS) is 19.6. The molecule has 5 amide bonds. The summed E-state index contributed by atoms with van der Waals surface area (Å²) in [6.07, 6.45) is 5.23. The molecule has 2 aromatic carbocycles. The van der Waals surface area contributed by atoms with Gasteiger partial charge in [-0.3, -0.25) is 29.5 Å². The molecule has 4 aromatic rings. The van der Waals surface area contributed by atoms with E-state index in [0.717, 1.165) is 87.8 Å². The highest BCUT2D eigenvalue weighted by Crippen LogP contribution is 2.36. The van der Waals surface area contributed by atoms with E-state index in [9.17, 15) is 19.2 Å². The van der Waals surface area contributed by atoms with Crippen LogP contribution in [-0.4, -0.2) is 113 Å². The third-order valence-electron chi connectivity index (χ3n) is 11.2. The number of imide groups is 1. The number of carbonyl (C=O) groups excluding carboxylic acids is 4. The molecular weight excluding hydrogens is 766 g/mol. The Bertz CT molecular complexity index is 2140. The Hall–Kier alpha value is -5.32. The van der Waals surface area contributed by atoms with E-state index < -0.39 is 0 Å². The summed E-state index contributed by atoms with van der Waals surface area (Å²) in [5, 5.41) is 9.55. The monoisotopic (exact) mass is 811 g/mol. The minimum absolute atomic E-state index is 0.227. The largest absolute Gasteiger partial charge is 0.365 e. The van der Waals surface area contributed by atoms with Gasteiger partial charge in [0.2, 0.25) is 11.8 Å². The van der Waals surface area contributed by atoms with Crippen LogP contribution in [0.3, 0.4) is 0 Å². The highest BCUT2D eigenvalue weighted by atomic mass is 35.5. The summed E-state index contributed by atoms with van der Waals surface area (Å²) in [7, 11) is 0. The number of fused-ring (bicyclic) bond motifs is 2. The number of rotatable bonds is 12. The highest BCUT2D eigenvalue weighted by Gasteiger charge is 2.45. The molecular formula is C40H46ClN11O4S. The van der Waals surface area contributed by atoms with Crippen molar-refractivity contribution in [2.45, 2.75) is 58.0 Å². The van der Waals surface area contributed by atoms with Crippen LogP contribution in [0.5, 0.6) is 0 Å². The van der Waals surface area contributed by atoms with Gasteiger partial charge in [-0.05, 0) is 75.5 Å². The first-order chi connectivity index (χ1) is 27.6. The maximum absolute atomic E-state index is 13.3. The maximum Gasteiger partial charge on any atom is 0.328 e. The summed E-state index contributed by atoms with van der Waals surface area (Å²) in [5.41, 5.74) is 3.33. The van der Waals surface area contributed by atoms with Crippen molar-refractivity contribution in [3.63, 3.8) is 0 Å². The maximum atomic E-state index is 13.3. The first kappa shape index (κ1) is 38.5. The molecule has 2 aromatic heterocycles. The van der Waals surface area contributed by atoms with E-state index in [2.05, 4.69) is 45.5 Å². The van der Waals surface area contributed by atoms with Gasteiger partial charge < -0.3 is 25.3 Å². The number of nitrogens with one attached hydrogen (secondary N) is 3. The Morgan fingerprint density at radius 3 is 2.47 bits per heavy atom. The number of benzene rings is 2. The molecule has 4 fully saturated rings. The number of aryl methyl sites for hydroxylation is 2. The molecule has 0 spiro atoms. The number of hydrogen-bond donors (Lipinski definition) is 3. The van der Waals surface area contributed by atoms with Crippen LogP contribution in [0.15, 0.2) is 54.7 Å². The summed E-state index contributed by atoms with van der Waals surface area (Å²) < 4.78 is 0. The van der Waals surface area contributed by atoms with Gasteiger partial charge in [0.05, 0.1) is 22.9 Å². The number of halogens is 1. The number of para-hydroxylation sites is 1. The Morgan fingerprint density at radius 2 is 1.74 bits per heavy atom. The van der Waals surface area contributed by atoms with Crippen LogP contribution < -0.4 is 30.7 Å². The zero-order chi connectivity index (χ0) is 39.6. The highest BCUT2D eigenvalue weighted by molar-refractivity contribution is 7.17. The molecule has 0 radical (unpaired) electrons. The summed E-state index contributed by atoms with van der Waals surface area (Å²) in [4.78, 5) is 74.8. The van der Waals surface area contributed by atoms with Gasteiger partial charge in [-0.1, -0.05) is 35.1 Å². The lowest BCUT2D eigenvalue weighted by Crippen LogP contribution is -2.49. The molecule has 4 saturated heterocycles. The summed E-state index contributed by atoms with van der Waals surface area (Å²) in [5.74, 6) is 1.84. The van der Waals surface area contributed by atoms with Crippen LogP contribution in [0, 0.1) is 13.8 Å². The number of amides is 5. The average Bonchev–Trinajstić information content (AvgIpc) is 3.95. The van der Waals surface area contributed by atoms with E-state index in [0.29, 0.717) is 57.8 Å². The Labute approximate surface area is 340 Å². The van der Waals surface area contributed by atoms with Crippen molar-refractivity contribution in [1.82, 2.24) is 30.1 Å². The van der Waals surface area contributed by atoms with Crippen molar-refractivity contribution in [3.8, 4) is 0 Å². The lowest BCUT2D eigenvalue weighted by molar-refractivity contribution is -0.132. The van der Waals surface area contributed by atoms with E-state index >= 15 is 0 Å². The van der Waals surface area contributed by atoms with Gasteiger partial charge in [0.1, 0.15) is 22.3 Å². The number of likely N-dealkylation sites (tertiary alicyclic amines) is 1. The molecule has 6 heterocycles. The molecule has 4 aliphatic rings. The number of anilines is 6. The van der Waals surface area contributed by atoms with Gasteiger partial charge in [-0.25, -0.2) is 19.7 Å². The van der Waals surface area contributed by atoms with Gasteiger partial charge in [-0.15, -0.1) is 0 Å². The predicted molar refractivity (Wildman–Crippen MR) is 222 cm³/mol. The number of unbranched alkanes of at least 4 members (excludes halogenated alkanes) is 1. The SMILES string of the molecule is Cc1nc(Nc2ncc(C(=O)Nc3c(C)cccc3Cl)s2)cc(N2CCN(CCCCC(=O)N3CC4CC3CN4c3ccc(N4CCC(=O)NC4=O)cc3)CC2)n1. The van der Waals surface area contributed by atoms with Crippen LogP contribution in [0.25, 0.3) is 0 Å². The summed E-state index contributed by atoms with van der Waals surface area (Å²) >= 11 is 7.53. The fourth-order valence-corrected chi connectivity index (χ4v) is 9.16. The number of nitrogens with zero attached hydrogens (tertiary/aromatic N) is 8. The van der Waals surface area contributed by atoms with Crippen LogP contribution >= 0.6 is 22.9 Å². The number of urea groups is 1. The Morgan fingerprint density at radius 1 is 0.947 bits per heavy atom. The van der Waals surface area contributed by atoms with Crippen molar-refractivity contribution in [2.24, 2.45) is 0 Å². The van der Waals surface area contributed by atoms with Crippen LogP contribution in [0.2, 0.25) is 5.02 Å². The number of thiazole rings is 1. The van der Waals surface area contributed by atoms with E-state index in [1.807, 2.05) is 56.3 Å². The Kier molecular flexibility index (Phi) is 11.3.